The van der Waals surface area contributed by atoms with E-state index in [1.807, 2.05) is 12.1 Å². The quantitative estimate of drug-likeness (QED) is 0.517. The topological polar surface area (TPSA) is 95.1 Å². The molecular weight excluding hydrogens is 432 g/mol. The van der Waals surface area contributed by atoms with E-state index in [0.717, 1.165) is 11.1 Å². The lowest BCUT2D eigenvalue weighted by atomic mass is 10.2. The van der Waals surface area contributed by atoms with E-state index < -0.39 is 16.6 Å². The summed E-state index contributed by atoms with van der Waals surface area (Å²) in [6, 6.07) is 10.8. The minimum absolute atomic E-state index is 0.193. The maximum Gasteiger partial charge on any atom is 0.243 e. The minimum Gasteiger partial charge on any atom is -0.454 e. The second kappa shape index (κ2) is 7.97. The SMILES string of the molecule is O=C(NCc1ccc2c(c1)OCO2)C(Br)C(=O)NCc1ccc2c(c1)OCO2. The number of nitrogens with one attached hydrogen (secondary N) is 2. The van der Waals surface area contributed by atoms with E-state index in [2.05, 4.69) is 26.6 Å². The monoisotopic (exact) mass is 448 g/mol. The van der Waals surface area contributed by atoms with Crippen molar-refractivity contribution in [1.82, 2.24) is 10.6 Å². The third-order valence-corrected chi connectivity index (χ3v) is 5.10. The summed E-state index contributed by atoms with van der Waals surface area (Å²) >= 11 is 3.14. The van der Waals surface area contributed by atoms with E-state index in [1.165, 1.54) is 0 Å². The number of alkyl halides is 1. The van der Waals surface area contributed by atoms with Crippen LogP contribution in [-0.2, 0) is 22.7 Å². The van der Waals surface area contributed by atoms with Crippen molar-refractivity contribution in [1.29, 1.82) is 0 Å². The van der Waals surface area contributed by atoms with Gasteiger partial charge in [-0.15, -0.1) is 0 Å². The Balaban J connectivity index is 1.26. The molecule has 0 spiro atoms. The van der Waals surface area contributed by atoms with Crippen LogP contribution in [-0.4, -0.2) is 30.2 Å². The van der Waals surface area contributed by atoms with Gasteiger partial charge in [0, 0.05) is 13.1 Å². The highest BCUT2D eigenvalue weighted by Gasteiger charge is 2.23. The van der Waals surface area contributed by atoms with E-state index in [1.54, 1.807) is 24.3 Å². The standard InChI is InChI=1S/C19H17BrN2O6/c20-17(18(23)21-7-11-1-3-13-15(5-11)27-9-25-13)19(24)22-8-12-2-4-14-16(6-12)28-10-26-14/h1-6,17H,7-10H2,(H,21,23)(H,22,24). The van der Waals surface area contributed by atoms with Crippen molar-refractivity contribution in [3.05, 3.63) is 47.5 Å². The average Bonchev–Trinajstić information content (AvgIpc) is 3.37. The van der Waals surface area contributed by atoms with Gasteiger partial charge in [-0.05, 0) is 35.4 Å². The van der Waals surface area contributed by atoms with Crippen molar-refractivity contribution < 1.29 is 28.5 Å². The molecule has 0 aromatic heterocycles. The maximum atomic E-state index is 12.2. The molecule has 2 amide bonds. The van der Waals surface area contributed by atoms with Crippen LogP contribution in [0.4, 0.5) is 0 Å². The molecule has 4 rings (SSSR count). The first-order valence-electron chi connectivity index (χ1n) is 8.57. The van der Waals surface area contributed by atoms with Crippen LogP contribution in [0.3, 0.4) is 0 Å². The van der Waals surface area contributed by atoms with Crippen molar-refractivity contribution in [2.75, 3.05) is 13.6 Å². The molecular formula is C19H17BrN2O6. The Labute approximate surface area is 169 Å². The number of carbonyl (C=O) groups is 2. The van der Waals surface area contributed by atoms with E-state index in [9.17, 15) is 9.59 Å². The van der Waals surface area contributed by atoms with Crippen LogP contribution in [0.15, 0.2) is 36.4 Å². The molecule has 146 valence electrons. The zero-order valence-electron chi connectivity index (χ0n) is 14.7. The van der Waals surface area contributed by atoms with Crippen LogP contribution in [0.25, 0.3) is 0 Å². The lowest BCUT2D eigenvalue weighted by molar-refractivity contribution is -0.128. The van der Waals surface area contributed by atoms with Crippen LogP contribution in [0, 0.1) is 0 Å². The van der Waals surface area contributed by atoms with Crippen LogP contribution >= 0.6 is 15.9 Å². The number of amides is 2. The van der Waals surface area contributed by atoms with Gasteiger partial charge in [-0.25, -0.2) is 0 Å². The number of rotatable bonds is 6. The molecule has 0 saturated carbocycles. The molecule has 0 fully saturated rings. The van der Waals surface area contributed by atoms with E-state index in [4.69, 9.17) is 18.9 Å². The summed E-state index contributed by atoms with van der Waals surface area (Å²) in [4.78, 5) is 23.5. The van der Waals surface area contributed by atoms with Gasteiger partial charge in [0.1, 0.15) is 0 Å². The van der Waals surface area contributed by atoms with Gasteiger partial charge in [0.05, 0.1) is 0 Å². The Bertz CT molecular complexity index is 846. The van der Waals surface area contributed by atoms with Crippen LogP contribution in [0.5, 0.6) is 23.0 Å². The first kappa shape index (κ1) is 18.4. The number of ether oxygens (including phenoxy) is 4. The first-order chi connectivity index (χ1) is 13.6. The van der Waals surface area contributed by atoms with Crippen molar-refractivity contribution >= 4 is 27.7 Å². The highest BCUT2D eigenvalue weighted by Crippen LogP contribution is 2.33. The zero-order valence-corrected chi connectivity index (χ0v) is 16.3. The Morgan fingerprint density at radius 1 is 0.786 bits per heavy atom. The summed E-state index contributed by atoms with van der Waals surface area (Å²) < 4.78 is 21.1. The third-order valence-electron chi connectivity index (χ3n) is 4.27. The van der Waals surface area contributed by atoms with Crippen LogP contribution in [0.1, 0.15) is 11.1 Å². The third kappa shape index (κ3) is 3.99. The van der Waals surface area contributed by atoms with Gasteiger partial charge in [0.15, 0.2) is 27.8 Å². The number of fused-ring (bicyclic) bond motifs is 2. The van der Waals surface area contributed by atoms with Gasteiger partial charge >= 0.3 is 0 Å². The molecule has 0 atom stereocenters. The molecule has 0 unspecified atom stereocenters. The fourth-order valence-electron chi connectivity index (χ4n) is 2.78. The molecule has 2 aromatic carbocycles. The Hall–Kier alpha value is -2.94. The van der Waals surface area contributed by atoms with Gasteiger partial charge < -0.3 is 29.6 Å². The van der Waals surface area contributed by atoms with Gasteiger partial charge in [-0.1, -0.05) is 28.1 Å². The molecule has 2 heterocycles. The van der Waals surface area contributed by atoms with Crippen LogP contribution < -0.4 is 29.6 Å². The summed E-state index contributed by atoms with van der Waals surface area (Å²) in [5.41, 5.74) is 1.69. The van der Waals surface area contributed by atoms with Gasteiger partial charge in [-0.2, -0.15) is 0 Å². The normalized spacial score (nSPS) is 13.5. The highest BCUT2D eigenvalue weighted by atomic mass is 79.9. The fraction of sp³-hybridized carbons (Fsp3) is 0.263. The molecule has 2 aliphatic rings. The van der Waals surface area contributed by atoms with E-state index in [-0.39, 0.29) is 26.7 Å². The van der Waals surface area contributed by atoms with Gasteiger partial charge in [0.25, 0.3) is 0 Å². The molecule has 0 saturated heterocycles. The number of halogens is 1. The Morgan fingerprint density at radius 3 is 1.68 bits per heavy atom. The summed E-state index contributed by atoms with van der Waals surface area (Å²) in [5, 5.41) is 5.45. The lowest BCUT2D eigenvalue weighted by Gasteiger charge is -2.12. The molecule has 9 heteroatoms. The number of hydrogen-bond donors (Lipinski definition) is 2. The molecule has 0 aliphatic carbocycles. The molecule has 2 aliphatic heterocycles. The van der Waals surface area contributed by atoms with Crippen molar-refractivity contribution in [3.63, 3.8) is 0 Å². The predicted octanol–water partition coefficient (Wildman–Crippen LogP) is 1.84. The van der Waals surface area contributed by atoms with Crippen molar-refractivity contribution in [2.24, 2.45) is 0 Å². The van der Waals surface area contributed by atoms with Crippen LogP contribution in [0.2, 0.25) is 0 Å². The number of benzene rings is 2. The Kier molecular flexibility index (Phi) is 5.25. The largest absolute Gasteiger partial charge is 0.454 e. The molecule has 0 radical (unpaired) electrons. The summed E-state index contributed by atoms with van der Waals surface area (Å²) in [7, 11) is 0. The highest BCUT2D eigenvalue weighted by molar-refractivity contribution is 9.10. The molecule has 28 heavy (non-hydrogen) atoms. The van der Waals surface area contributed by atoms with Crippen molar-refractivity contribution in [2.45, 2.75) is 17.9 Å². The summed E-state index contributed by atoms with van der Waals surface area (Å²) in [6.45, 7) is 0.927. The number of hydrogen-bond acceptors (Lipinski definition) is 6. The summed E-state index contributed by atoms with van der Waals surface area (Å²) in [5.74, 6) is 1.78. The molecule has 2 N–H and O–H groups in total. The van der Waals surface area contributed by atoms with E-state index >= 15 is 0 Å². The Morgan fingerprint density at radius 2 is 1.21 bits per heavy atom. The molecule has 0 bridgehead atoms. The lowest BCUT2D eigenvalue weighted by Crippen LogP contribution is -2.41. The first-order valence-corrected chi connectivity index (χ1v) is 9.48. The average molecular weight is 449 g/mol. The fourth-order valence-corrected chi connectivity index (χ4v) is 3.10. The number of carbonyl (C=O) groups excluding carboxylic acids is 2. The van der Waals surface area contributed by atoms with Gasteiger partial charge in [-0.3, -0.25) is 9.59 Å². The molecule has 8 nitrogen and oxygen atoms in total. The summed E-state index contributed by atoms with van der Waals surface area (Å²) in [6.07, 6.45) is 0. The van der Waals surface area contributed by atoms with Crippen molar-refractivity contribution in [3.8, 4) is 23.0 Å². The smallest absolute Gasteiger partial charge is 0.243 e. The molecule has 2 aromatic rings. The van der Waals surface area contributed by atoms with Gasteiger partial charge in [0.2, 0.25) is 25.4 Å². The second-order valence-electron chi connectivity index (χ2n) is 6.17. The zero-order chi connectivity index (χ0) is 19.5. The minimum atomic E-state index is -1.00. The second-order valence-corrected chi connectivity index (χ2v) is 7.09. The maximum absolute atomic E-state index is 12.2. The van der Waals surface area contributed by atoms with E-state index in [0.29, 0.717) is 23.0 Å². The predicted molar refractivity (Wildman–Crippen MR) is 102 cm³/mol.